The van der Waals surface area contributed by atoms with Crippen molar-refractivity contribution in [3.63, 3.8) is 0 Å². The molecular formula is C21H18F2N6O4S. The van der Waals surface area contributed by atoms with Crippen LogP contribution in [-0.4, -0.2) is 55.1 Å². The smallest absolute Gasteiger partial charge is 0.395 e. The Bertz CT molecular complexity index is 1240. The second-order valence-electron chi connectivity index (χ2n) is 7.51. The minimum Gasteiger partial charge on any atom is -0.395 e. The zero-order chi connectivity index (χ0) is 23.7. The molecular weight excluding hydrogens is 470 g/mol. The van der Waals surface area contributed by atoms with Crippen LogP contribution in [-0.2, 0) is 16.1 Å². The van der Waals surface area contributed by atoms with E-state index in [1.807, 2.05) is 6.07 Å². The van der Waals surface area contributed by atoms with Gasteiger partial charge in [-0.15, -0.1) is 19.0 Å². The summed E-state index contributed by atoms with van der Waals surface area (Å²) in [6, 6.07) is 9.37. The van der Waals surface area contributed by atoms with Crippen molar-refractivity contribution in [3.8, 4) is 17.3 Å². The van der Waals surface area contributed by atoms with Crippen LogP contribution in [0, 0.1) is 0 Å². The molecule has 2 aliphatic rings. The fourth-order valence-electron chi connectivity index (χ4n) is 3.61. The average molecular weight is 488 g/mol. The van der Waals surface area contributed by atoms with Crippen molar-refractivity contribution in [1.82, 2.24) is 24.6 Å². The van der Waals surface area contributed by atoms with E-state index in [1.54, 1.807) is 27.8 Å². The lowest BCUT2D eigenvalue weighted by molar-refractivity contribution is -0.286. The topological polar surface area (TPSA) is 111 Å². The molecule has 0 atom stereocenters. The Hall–Kier alpha value is -3.74. The van der Waals surface area contributed by atoms with E-state index in [1.165, 1.54) is 18.2 Å². The van der Waals surface area contributed by atoms with Gasteiger partial charge < -0.3 is 19.7 Å². The van der Waals surface area contributed by atoms with Crippen molar-refractivity contribution >= 4 is 29.3 Å². The number of nitrogens with zero attached hydrogens (tertiary/aromatic N) is 5. The number of alkyl halides is 2. The Morgan fingerprint density at radius 3 is 2.79 bits per heavy atom. The lowest BCUT2D eigenvalue weighted by Gasteiger charge is -2.16. The Morgan fingerprint density at radius 2 is 2.03 bits per heavy atom. The Labute approximate surface area is 196 Å². The highest BCUT2D eigenvalue weighted by atomic mass is 32.2. The van der Waals surface area contributed by atoms with Crippen LogP contribution in [0.4, 0.5) is 14.5 Å². The standard InChI is InChI=1S/C21H18F2N6O4S/c22-21(23)32-14-7-6-13(10-15(14)33-21)25-18(30)12-34-20-27-26-17(11-28-9-3-5-19(28)31)29(20)16-4-1-2-8-24-16/h1-2,4,6-8,10H,3,5,9,11-12H2,(H,25,30). The van der Waals surface area contributed by atoms with Gasteiger partial charge in [0.25, 0.3) is 0 Å². The molecule has 1 N–H and O–H groups in total. The third-order valence-electron chi connectivity index (χ3n) is 5.10. The summed E-state index contributed by atoms with van der Waals surface area (Å²) in [4.78, 5) is 30.6. The number of hydrogen-bond acceptors (Lipinski definition) is 8. The van der Waals surface area contributed by atoms with Gasteiger partial charge in [0.05, 0.1) is 12.3 Å². The molecule has 0 aliphatic carbocycles. The first kappa shape index (κ1) is 22.1. The third kappa shape index (κ3) is 4.64. The van der Waals surface area contributed by atoms with Crippen LogP contribution in [0.3, 0.4) is 0 Å². The number of amides is 2. The zero-order valence-electron chi connectivity index (χ0n) is 17.6. The van der Waals surface area contributed by atoms with Crippen LogP contribution in [0.15, 0.2) is 47.8 Å². The highest BCUT2D eigenvalue weighted by Gasteiger charge is 2.43. The van der Waals surface area contributed by atoms with Gasteiger partial charge in [0.1, 0.15) is 5.82 Å². The first-order valence-corrected chi connectivity index (χ1v) is 11.3. The monoisotopic (exact) mass is 488 g/mol. The number of nitrogens with one attached hydrogen (secondary N) is 1. The van der Waals surface area contributed by atoms with Crippen LogP contribution in [0.2, 0.25) is 0 Å². The summed E-state index contributed by atoms with van der Waals surface area (Å²) in [6.07, 6.45) is -0.787. The lowest BCUT2D eigenvalue weighted by atomic mass is 10.3. The maximum absolute atomic E-state index is 13.2. The normalized spacial score (nSPS) is 16.2. The highest BCUT2D eigenvalue weighted by Crippen LogP contribution is 2.42. The van der Waals surface area contributed by atoms with Gasteiger partial charge in [-0.2, -0.15) is 0 Å². The summed E-state index contributed by atoms with van der Waals surface area (Å²) in [7, 11) is 0. The number of aromatic nitrogens is 4. The van der Waals surface area contributed by atoms with Crippen LogP contribution >= 0.6 is 11.8 Å². The number of halogens is 2. The summed E-state index contributed by atoms with van der Waals surface area (Å²) in [5.41, 5.74) is 0.282. The fraction of sp³-hybridized carbons (Fsp3) is 0.286. The van der Waals surface area contributed by atoms with Crippen LogP contribution in [0.1, 0.15) is 18.7 Å². The van der Waals surface area contributed by atoms with Crippen molar-refractivity contribution in [2.75, 3.05) is 17.6 Å². The van der Waals surface area contributed by atoms with E-state index < -0.39 is 6.29 Å². The van der Waals surface area contributed by atoms with E-state index >= 15 is 0 Å². The molecule has 2 amide bonds. The number of anilines is 1. The predicted octanol–water partition coefficient (Wildman–Crippen LogP) is 2.84. The zero-order valence-corrected chi connectivity index (χ0v) is 18.4. The molecule has 13 heteroatoms. The van der Waals surface area contributed by atoms with E-state index in [4.69, 9.17) is 0 Å². The maximum atomic E-state index is 13.2. The summed E-state index contributed by atoms with van der Waals surface area (Å²) >= 11 is 1.13. The molecule has 0 unspecified atom stereocenters. The molecule has 34 heavy (non-hydrogen) atoms. The average Bonchev–Trinajstić information content (AvgIpc) is 3.48. The number of rotatable bonds is 7. The quantitative estimate of drug-likeness (QED) is 0.506. The minimum atomic E-state index is -3.73. The van der Waals surface area contributed by atoms with Crippen molar-refractivity contribution in [1.29, 1.82) is 0 Å². The van der Waals surface area contributed by atoms with E-state index in [0.717, 1.165) is 18.2 Å². The van der Waals surface area contributed by atoms with Crippen molar-refractivity contribution in [2.45, 2.75) is 30.8 Å². The van der Waals surface area contributed by atoms with Gasteiger partial charge in [-0.25, -0.2) is 4.98 Å². The number of hydrogen-bond donors (Lipinski definition) is 1. The number of benzene rings is 1. The Balaban J connectivity index is 1.29. The number of ether oxygens (including phenoxy) is 2. The Morgan fingerprint density at radius 1 is 1.18 bits per heavy atom. The van der Waals surface area contributed by atoms with Crippen molar-refractivity contribution < 1.29 is 27.8 Å². The molecule has 1 fully saturated rings. The molecule has 0 spiro atoms. The molecule has 0 saturated carbocycles. The summed E-state index contributed by atoms with van der Waals surface area (Å²) in [6.45, 7) is 0.942. The molecule has 0 bridgehead atoms. The first-order valence-electron chi connectivity index (χ1n) is 10.3. The molecule has 10 nitrogen and oxygen atoms in total. The van der Waals surface area contributed by atoms with Gasteiger partial charge in [-0.3, -0.25) is 14.2 Å². The molecule has 0 radical (unpaired) electrons. The van der Waals surface area contributed by atoms with Gasteiger partial charge in [0.15, 0.2) is 22.5 Å². The SMILES string of the molecule is O=C(CSc1nnc(CN2CCCC2=O)n1-c1ccccn1)Nc1ccc2c(c1)OC(F)(F)O2. The van der Waals surface area contributed by atoms with Crippen LogP contribution in [0.25, 0.3) is 5.82 Å². The van der Waals surface area contributed by atoms with Gasteiger partial charge >= 0.3 is 6.29 Å². The number of likely N-dealkylation sites (tertiary alicyclic amines) is 1. The largest absolute Gasteiger partial charge is 0.586 e. The highest BCUT2D eigenvalue weighted by molar-refractivity contribution is 7.99. The Kier molecular flexibility index (Phi) is 5.77. The number of fused-ring (bicyclic) bond motifs is 1. The maximum Gasteiger partial charge on any atom is 0.586 e. The van der Waals surface area contributed by atoms with Gasteiger partial charge in [-0.1, -0.05) is 17.8 Å². The van der Waals surface area contributed by atoms with Crippen LogP contribution < -0.4 is 14.8 Å². The minimum absolute atomic E-state index is 0.0296. The summed E-state index contributed by atoms with van der Waals surface area (Å²) in [5.74, 6) is 0.477. The van der Waals surface area contributed by atoms with E-state index in [9.17, 15) is 18.4 Å². The summed E-state index contributed by atoms with van der Waals surface area (Å²) < 4.78 is 36.9. The first-order chi connectivity index (χ1) is 16.4. The van der Waals surface area contributed by atoms with Crippen molar-refractivity contribution in [2.24, 2.45) is 0 Å². The van der Waals surface area contributed by atoms with E-state index in [0.29, 0.717) is 29.8 Å². The van der Waals surface area contributed by atoms with Gasteiger partial charge in [0, 0.05) is 30.9 Å². The summed E-state index contributed by atoms with van der Waals surface area (Å²) in [5, 5.41) is 11.5. The van der Waals surface area contributed by atoms with Gasteiger partial charge in [0.2, 0.25) is 11.8 Å². The molecule has 2 aliphatic heterocycles. The van der Waals surface area contributed by atoms with E-state index in [2.05, 4.69) is 30.0 Å². The molecule has 5 rings (SSSR count). The van der Waals surface area contributed by atoms with Gasteiger partial charge in [-0.05, 0) is 30.7 Å². The predicted molar refractivity (Wildman–Crippen MR) is 116 cm³/mol. The van der Waals surface area contributed by atoms with E-state index in [-0.39, 0.29) is 41.3 Å². The number of pyridine rings is 1. The second kappa shape index (κ2) is 8.89. The molecule has 176 valence electrons. The van der Waals surface area contributed by atoms with Crippen LogP contribution in [0.5, 0.6) is 11.5 Å². The third-order valence-corrected chi connectivity index (χ3v) is 6.03. The fourth-order valence-corrected chi connectivity index (χ4v) is 4.37. The number of carbonyl (C=O) groups is 2. The molecule has 1 saturated heterocycles. The molecule has 3 aromatic rings. The molecule has 4 heterocycles. The van der Waals surface area contributed by atoms with Crippen molar-refractivity contribution in [3.05, 3.63) is 48.4 Å². The molecule has 1 aromatic carbocycles. The second-order valence-corrected chi connectivity index (χ2v) is 8.45. The lowest BCUT2D eigenvalue weighted by Crippen LogP contribution is -2.26. The number of thioether (sulfide) groups is 1. The number of carbonyl (C=O) groups excluding carboxylic acids is 2. The molecule has 2 aromatic heterocycles.